The van der Waals surface area contributed by atoms with E-state index in [4.69, 9.17) is 22.1 Å². The Morgan fingerprint density at radius 1 is 0.244 bits per heavy atom. The number of aryl methyl sites for hydroxylation is 5. The van der Waals surface area contributed by atoms with Crippen molar-refractivity contribution in [1.29, 1.82) is 0 Å². The average molecular weight is 1730 g/mol. The van der Waals surface area contributed by atoms with Gasteiger partial charge in [-0.15, -0.1) is 0 Å². The highest BCUT2D eigenvalue weighted by Gasteiger charge is 2.41. The number of hydrogen-bond donors (Lipinski definition) is 0. The number of pyridine rings is 5. The summed E-state index contributed by atoms with van der Waals surface area (Å²) in [7, 11) is 2.14. The molecule has 5 aliphatic rings. The highest BCUT2D eigenvalue weighted by Crippen LogP contribution is 2.54. The monoisotopic (exact) mass is 1730 g/mol. The smallest absolute Gasteiger partial charge is 0.227 e. The topological polar surface area (TPSA) is 163 Å². The third-order valence-corrected chi connectivity index (χ3v) is 26.7. The second kappa shape index (κ2) is 33.2. The van der Waals surface area contributed by atoms with Crippen LogP contribution in [0.1, 0.15) is 90.1 Å². The first kappa shape index (κ1) is 82.4. The molecule has 0 saturated carbocycles. The Morgan fingerprint density at radius 2 is 0.542 bits per heavy atom. The number of fused-ring (bicyclic) bond motifs is 18. The van der Waals surface area contributed by atoms with Crippen LogP contribution in [0.3, 0.4) is 0 Å². The molecule has 0 bridgehead atoms. The van der Waals surface area contributed by atoms with Crippen LogP contribution in [-0.4, -0.2) is 79.8 Å². The standard InChI is InChI=1S/C26H21N3O.C23H23N3O.C22H19N3O.C21H19N3O.C19H21N3O/c1-17-14-15-20-21-11-8-16-27-26(21)30-25(20)24(17)29-18(2)28(19-9-4-3-5-10-19)22-12-6-7-13-23(22)29;1-14(2)25-16(4)26(20-10-6-5-9-19(20)25)21-15(3)11-12-17-18-8-7-13-24-23(18)27-22(17)21;1-15-10-11-18-19-9-6-12-23-22(19)26-21(18)20(15)25-14-13-24(16(25)2)17-7-4-3-5-8-17;1-13-10-11-15-16-7-6-12-22-21(16)25-20(15)19(13)24-14(2)23(3)17-8-4-5-9-18(17)24;1-12(2)21-10-11-22(14(21)4)17-13(3)7-8-15-16-6-5-9-20-19(16)23-18(15)17/h3-16,18H,1-2H3;5-14,16H,1-4H3;3-14,16H,1-2H3;4-12,14H,1-3H3;5-12,14H,1-4H3/t18-;2*16-;2*14-/m00000/s1. The first-order chi connectivity index (χ1) is 63.8. The molecule has 0 aliphatic carbocycles. The molecule has 10 aromatic carbocycles. The molecule has 20 aromatic rings. The summed E-state index contributed by atoms with van der Waals surface area (Å²) >= 11 is 0. The Bertz CT molecular complexity index is 7820. The first-order valence-corrected chi connectivity index (χ1v) is 45.2. The molecule has 131 heavy (non-hydrogen) atoms. The number of benzene rings is 10. The third-order valence-electron chi connectivity index (χ3n) is 26.7. The van der Waals surface area contributed by atoms with Gasteiger partial charge < -0.3 is 71.1 Å². The van der Waals surface area contributed by atoms with Gasteiger partial charge in [-0.3, -0.25) is 0 Å². The second-order valence-electron chi connectivity index (χ2n) is 35.1. The van der Waals surface area contributed by atoms with E-state index in [1.807, 2.05) is 36.4 Å². The predicted molar refractivity (Wildman–Crippen MR) is 538 cm³/mol. The van der Waals surface area contributed by atoms with Crippen LogP contribution in [-0.2, 0) is 0 Å². The minimum Gasteiger partial charge on any atom is -0.435 e. The molecule has 0 saturated heterocycles. The van der Waals surface area contributed by atoms with Crippen LogP contribution >= 0.6 is 0 Å². The first-order valence-electron chi connectivity index (χ1n) is 45.2. The maximum Gasteiger partial charge on any atom is 0.227 e. The van der Waals surface area contributed by atoms with Crippen molar-refractivity contribution in [3.8, 4) is 0 Å². The van der Waals surface area contributed by atoms with Gasteiger partial charge in [0, 0.05) is 140 Å². The molecule has 20 heteroatoms. The van der Waals surface area contributed by atoms with Crippen molar-refractivity contribution < 1.29 is 22.1 Å². The van der Waals surface area contributed by atoms with Gasteiger partial charge in [-0.05, 0) is 246 Å². The quantitative estimate of drug-likeness (QED) is 0.134. The number of para-hydroxylation sites is 8. The maximum absolute atomic E-state index is 6.31. The van der Waals surface area contributed by atoms with Crippen LogP contribution in [0.5, 0.6) is 0 Å². The molecule has 15 heterocycles. The molecule has 5 aliphatic heterocycles. The molecule has 20 nitrogen and oxygen atoms in total. The van der Waals surface area contributed by atoms with Crippen molar-refractivity contribution in [3.05, 3.63) is 338 Å². The van der Waals surface area contributed by atoms with Gasteiger partial charge in [0.1, 0.15) is 30.8 Å². The Kier molecular flexibility index (Phi) is 20.9. The van der Waals surface area contributed by atoms with E-state index in [1.54, 1.807) is 31.0 Å². The van der Waals surface area contributed by atoms with Gasteiger partial charge in [0.05, 0.1) is 62.6 Å². The van der Waals surface area contributed by atoms with E-state index >= 15 is 0 Å². The van der Waals surface area contributed by atoms with E-state index in [2.05, 4.69) is 421 Å². The van der Waals surface area contributed by atoms with Crippen molar-refractivity contribution in [3.63, 3.8) is 0 Å². The number of anilines is 13. The number of nitrogens with zero attached hydrogens (tertiary/aromatic N) is 15. The molecule has 5 atom stereocenters. The number of hydrogen-bond acceptors (Lipinski definition) is 20. The third kappa shape index (κ3) is 13.8. The number of rotatable bonds is 9. The van der Waals surface area contributed by atoms with Crippen LogP contribution in [0.4, 0.5) is 73.9 Å². The van der Waals surface area contributed by atoms with Crippen molar-refractivity contribution in [2.24, 2.45) is 0 Å². The van der Waals surface area contributed by atoms with Gasteiger partial charge in [-0.1, -0.05) is 133 Å². The van der Waals surface area contributed by atoms with E-state index in [9.17, 15) is 0 Å². The molecule has 652 valence electrons. The van der Waals surface area contributed by atoms with E-state index in [-0.39, 0.29) is 30.8 Å². The lowest BCUT2D eigenvalue weighted by molar-refractivity contribution is 0.263. The van der Waals surface area contributed by atoms with Crippen LogP contribution in [0.15, 0.2) is 333 Å². The number of furan rings is 5. The molecule has 0 N–H and O–H groups in total. The summed E-state index contributed by atoms with van der Waals surface area (Å²) in [4.78, 5) is 45.5. The second-order valence-corrected chi connectivity index (χ2v) is 35.1. The minimum absolute atomic E-state index is 0.0928. The van der Waals surface area contributed by atoms with Crippen molar-refractivity contribution in [2.75, 3.05) is 51.1 Å². The van der Waals surface area contributed by atoms with Gasteiger partial charge in [0.2, 0.25) is 28.6 Å². The van der Waals surface area contributed by atoms with E-state index in [0.717, 1.165) is 110 Å². The van der Waals surface area contributed by atoms with E-state index in [0.29, 0.717) is 40.7 Å². The van der Waals surface area contributed by atoms with Gasteiger partial charge >= 0.3 is 0 Å². The lowest BCUT2D eigenvalue weighted by Gasteiger charge is -2.33. The van der Waals surface area contributed by atoms with Crippen LogP contribution in [0.25, 0.3) is 110 Å². The maximum atomic E-state index is 6.31. The molecular formula is C111H103N15O5. The summed E-state index contributed by atoms with van der Waals surface area (Å²) in [6, 6.07) is 89.3. The molecule has 10 aromatic heterocycles. The zero-order chi connectivity index (χ0) is 89.9. The largest absolute Gasteiger partial charge is 0.435 e. The normalized spacial score (nSPS) is 16.8. The van der Waals surface area contributed by atoms with Crippen molar-refractivity contribution in [1.82, 2.24) is 29.8 Å². The fourth-order valence-electron chi connectivity index (χ4n) is 20.4. The fourth-order valence-corrected chi connectivity index (χ4v) is 20.4. The lowest BCUT2D eigenvalue weighted by Crippen LogP contribution is -2.42. The Labute approximate surface area is 761 Å². The molecule has 25 rings (SSSR count). The van der Waals surface area contributed by atoms with Gasteiger partial charge in [0.15, 0.2) is 27.9 Å². The van der Waals surface area contributed by atoms with Crippen LogP contribution in [0.2, 0.25) is 0 Å². The zero-order valence-electron chi connectivity index (χ0n) is 76.2. The highest BCUT2D eigenvalue weighted by molar-refractivity contribution is 6.14. The van der Waals surface area contributed by atoms with Crippen LogP contribution < -0.4 is 44.1 Å². The number of aromatic nitrogens is 5. The van der Waals surface area contributed by atoms with Crippen molar-refractivity contribution >= 4 is 184 Å². The Balaban J connectivity index is 0.0000000992. The molecule has 0 amide bonds. The summed E-state index contributed by atoms with van der Waals surface area (Å²) in [5.74, 6) is 0. The van der Waals surface area contributed by atoms with E-state index < -0.39 is 0 Å². The lowest BCUT2D eigenvalue weighted by atomic mass is 10.1. The molecule has 0 radical (unpaired) electrons. The predicted octanol–water partition coefficient (Wildman–Crippen LogP) is 28.2. The summed E-state index contributed by atoms with van der Waals surface area (Å²) in [6.45, 7) is 30.8. The molecular weight excluding hydrogens is 1620 g/mol. The van der Waals surface area contributed by atoms with Gasteiger partial charge in [0.25, 0.3) is 0 Å². The zero-order valence-corrected chi connectivity index (χ0v) is 76.2. The summed E-state index contributed by atoms with van der Waals surface area (Å²) in [5.41, 5.74) is 29.2. The van der Waals surface area contributed by atoms with Gasteiger partial charge in [-0.25, -0.2) is 24.9 Å². The van der Waals surface area contributed by atoms with E-state index in [1.165, 1.54) is 73.3 Å². The summed E-state index contributed by atoms with van der Waals surface area (Å²) < 4.78 is 31.1. The molecule has 0 fully saturated rings. The minimum atomic E-state index is 0.0928. The summed E-state index contributed by atoms with van der Waals surface area (Å²) in [5, 5.41) is 10.9. The molecule has 0 spiro atoms. The Hall–Kier alpha value is -15.6. The fraction of sp³-hybridized carbons (Fsp3) is 0.198. The highest BCUT2D eigenvalue weighted by atomic mass is 16.4. The van der Waals surface area contributed by atoms with Gasteiger partial charge in [-0.2, -0.15) is 0 Å². The Morgan fingerprint density at radius 3 is 0.924 bits per heavy atom. The SMILES string of the molecule is Cc1ccc2c(oc3ncccc32)c1N1C=CN(C(C)C)[C@@H]1C.Cc1ccc2c(oc3ncccc32)c1N1C=CN(c2ccccc2)[C@@H]1C.Cc1ccc2c(oc3ncccc32)c1N1c2ccccc2N(C(C)C)[C@@H]1C.Cc1ccc2c(oc3ncccc32)c1N1c2ccccc2N(C)[C@@H]1C.Cc1ccc2c(oc3ncccc32)c1N1c2ccccc2N(c2ccccc2)[C@@H]1C. The molecule has 0 unspecified atom stereocenters. The summed E-state index contributed by atoms with van der Waals surface area (Å²) in [6.07, 6.45) is 18.4. The average Bonchev–Trinajstić information content (AvgIpc) is 1.58. The van der Waals surface area contributed by atoms with Crippen LogP contribution in [0, 0.1) is 34.6 Å². The van der Waals surface area contributed by atoms with Crippen molar-refractivity contribution in [2.45, 2.75) is 140 Å².